The van der Waals surface area contributed by atoms with Gasteiger partial charge in [-0.3, -0.25) is 4.79 Å². The van der Waals surface area contributed by atoms with Gasteiger partial charge in [-0.2, -0.15) is 0 Å². The van der Waals surface area contributed by atoms with Gasteiger partial charge in [0.05, 0.1) is 11.3 Å². The van der Waals surface area contributed by atoms with Gasteiger partial charge < -0.3 is 9.84 Å². The zero-order valence-electron chi connectivity index (χ0n) is 13.7. The van der Waals surface area contributed by atoms with Gasteiger partial charge in [-0.05, 0) is 23.3 Å². The highest BCUT2D eigenvalue weighted by Gasteiger charge is 2.24. The third kappa shape index (κ3) is 2.95. The lowest BCUT2D eigenvalue weighted by Crippen LogP contribution is -2.22. The van der Waals surface area contributed by atoms with Crippen molar-refractivity contribution in [1.29, 1.82) is 0 Å². The summed E-state index contributed by atoms with van der Waals surface area (Å²) in [6, 6.07) is 23.5. The quantitative estimate of drug-likeness (QED) is 0.581. The second-order valence-electron chi connectivity index (χ2n) is 5.89. The van der Waals surface area contributed by atoms with E-state index < -0.39 is 11.7 Å². The van der Waals surface area contributed by atoms with Crippen LogP contribution in [0.4, 0.5) is 10.2 Å². The van der Waals surface area contributed by atoms with Crippen LogP contribution in [0.25, 0.3) is 11.0 Å². The third-order valence-corrected chi connectivity index (χ3v) is 4.22. The molecule has 0 fully saturated rings. The average molecular weight is 346 g/mol. The summed E-state index contributed by atoms with van der Waals surface area (Å²) in [5, 5.41) is 7.03. The largest absolute Gasteiger partial charge is 0.351 e. The highest BCUT2D eigenvalue weighted by atomic mass is 19.1. The van der Waals surface area contributed by atoms with Crippen molar-refractivity contribution in [2.24, 2.45) is 0 Å². The van der Waals surface area contributed by atoms with E-state index in [2.05, 4.69) is 10.5 Å². The van der Waals surface area contributed by atoms with Gasteiger partial charge in [-0.25, -0.2) is 4.39 Å². The molecule has 0 radical (unpaired) electrons. The van der Waals surface area contributed by atoms with Gasteiger partial charge in [0, 0.05) is 0 Å². The van der Waals surface area contributed by atoms with Crippen molar-refractivity contribution < 1.29 is 13.7 Å². The van der Waals surface area contributed by atoms with Crippen LogP contribution in [0, 0.1) is 5.82 Å². The van der Waals surface area contributed by atoms with Crippen molar-refractivity contribution in [1.82, 2.24) is 5.16 Å². The Morgan fingerprint density at radius 3 is 2.12 bits per heavy atom. The number of benzene rings is 3. The number of hydrogen-bond donors (Lipinski definition) is 1. The molecular formula is C21H15FN2O2. The predicted octanol–water partition coefficient (Wildman–Crippen LogP) is 4.74. The molecule has 128 valence electrons. The standard InChI is InChI=1S/C21H15FN2O2/c22-17-13-7-12-16-19(17)26-24-20(16)23-21(25)18(14-8-3-1-4-9-14)15-10-5-2-6-11-15/h1-13,18H,(H,23,24,25). The smallest absolute Gasteiger partial charge is 0.237 e. The Morgan fingerprint density at radius 1 is 0.885 bits per heavy atom. The Labute approximate surface area is 149 Å². The summed E-state index contributed by atoms with van der Waals surface area (Å²) in [6.45, 7) is 0. The zero-order valence-corrected chi connectivity index (χ0v) is 13.7. The molecule has 0 saturated carbocycles. The maximum atomic E-state index is 13.8. The molecule has 5 heteroatoms. The average Bonchev–Trinajstić information content (AvgIpc) is 3.08. The lowest BCUT2D eigenvalue weighted by molar-refractivity contribution is -0.116. The van der Waals surface area contributed by atoms with Crippen LogP contribution in [0.1, 0.15) is 17.0 Å². The Bertz CT molecular complexity index is 1010. The van der Waals surface area contributed by atoms with Crippen molar-refractivity contribution in [3.8, 4) is 0 Å². The van der Waals surface area contributed by atoms with E-state index in [1.807, 2.05) is 60.7 Å². The molecule has 1 amide bonds. The molecule has 1 N–H and O–H groups in total. The molecule has 4 aromatic rings. The van der Waals surface area contributed by atoms with E-state index in [4.69, 9.17) is 4.52 Å². The van der Waals surface area contributed by atoms with Crippen molar-refractivity contribution >= 4 is 22.7 Å². The van der Waals surface area contributed by atoms with Gasteiger partial charge in [0.2, 0.25) is 11.5 Å². The Kier molecular flexibility index (Phi) is 4.19. The maximum absolute atomic E-state index is 13.8. The molecule has 0 aliphatic heterocycles. The highest BCUT2D eigenvalue weighted by Crippen LogP contribution is 2.29. The van der Waals surface area contributed by atoms with Crippen LogP contribution in [0.15, 0.2) is 83.4 Å². The zero-order chi connectivity index (χ0) is 17.9. The minimum atomic E-state index is -0.516. The lowest BCUT2D eigenvalue weighted by Gasteiger charge is -2.17. The summed E-state index contributed by atoms with van der Waals surface area (Å²) >= 11 is 0. The van der Waals surface area contributed by atoms with E-state index in [9.17, 15) is 9.18 Å². The number of carbonyl (C=O) groups excluding carboxylic acids is 1. The number of anilines is 1. The van der Waals surface area contributed by atoms with Crippen molar-refractivity contribution in [3.05, 3.63) is 95.8 Å². The van der Waals surface area contributed by atoms with Crippen molar-refractivity contribution in [3.63, 3.8) is 0 Å². The number of nitrogens with one attached hydrogen (secondary N) is 1. The fraction of sp³-hybridized carbons (Fsp3) is 0.0476. The Balaban J connectivity index is 1.72. The summed E-state index contributed by atoms with van der Waals surface area (Å²) in [6.07, 6.45) is 0. The molecule has 0 saturated heterocycles. The van der Waals surface area contributed by atoms with Crippen molar-refractivity contribution in [2.45, 2.75) is 5.92 Å². The first-order chi connectivity index (χ1) is 12.7. The fourth-order valence-electron chi connectivity index (χ4n) is 2.99. The number of aromatic nitrogens is 1. The van der Waals surface area contributed by atoms with Gasteiger partial charge in [0.15, 0.2) is 11.6 Å². The summed E-state index contributed by atoms with van der Waals surface area (Å²) < 4.78 is 18.8. The molecule has 0 unspecified atom stereocenters. The molecule has 4 rings (SSSR count). The molecular weight excluding hydrogens is 331 g/mol. The van der Waals surface area contributed by atoms with E-state index in [1.165, 1.54) is 6.07 Å². The maximum Gasteiger partial charge on any atom is 0.237 e. The van der Waals surface area contributed by atoms with Gasteiger partial charge in [-0.15, -0.1) is 0 Å². The van der Waals surface area contributed by atoms with Gasteiger partial charge in [0.1, 0.15) is 0 Å². The molecule has 0 bridgehead atoms. The number of halogens is 1. The van der Waals surface area contributed by atoms with Crippen LogP contribution < -0.4 is 5.32 Å². The van der Waals surface area contributed by atoms with Gasteiger partial charge in [0.25, 0.3) is 0 Å². The minimum Gasteiger partial charge on any atom is -0.351 e. The van der Waals surface area contributed by atoms with E-state index in [1.54, 1.807) is 12.1 Å². The first kappa shape index (κ1) is 16.0. The molecule has 1 aromatic heterocycles. The second-order valence-corrected chi connectivity index (χ2v) is 5.89. The van der Waals surface area contributed by atoms with Crippen LogP contribution in [0.2, 0.25) is 0 Å². The van der Waals surface area contributed by atoms with Crippen LogP contribution in [0.5, 0.6) is 0 Å². The van der Waals surface area contributed by atoms with E-state index in [0.29, 0.717) is 5.39 Å². The summed E-state index contributed by atoms with van der Waals surface area (Å²) in [7, 11) is 0. The summed E-state index contributed by atoms with van der Waals surface area (Å²) in [5.41, 5.74) is 1.74. The number of para-hydroxylation sites is 1. The topological polar surface area (TPSA) is 55.1 Å². The lowest BCUT2D eigenvalue weighted by atomic mass is 9.90. The van der Waals surface area contributed by atoms with Crippen LogP contribution in [0.3, 0.4) is 0 Å². The molecule has 0 atom stereocenters. The first-order valence-electron chi connectivity index (χ1n) is 8.18. The van der Waals surface area contributed by atoms with Crippen LogP contribution in [-0.2, 0) is 4.79 Å². The minimum absolute atomic E-state index is 0.0266. The Hall–Kier alpha value is -3.47. The molecule has 0 spiro atoms. The highest BCUT2D eigenvalue weighted by molar-refractivity contribution is 6.03. The van der Waals surface area contributed by atoms with Crippen LogP contribution in [-0.4, -0.2) is 11.1 Å². The number of rotatable bonds is 4. The normalized spacial score (nSPS) is 11.0. The molecule has 0 aliphatic carbocycles. The number of nitrogens with zero attached hydrogens (tertiary/aromatic N) is 1. The third-order valence-electron chi connectivity index (χ3n) is 4.22. The number of carbonyl (C=O) groups is 1. The summed E-state index contributed by atoms with van der Waals surface area (Å²) in [4.78, 5) is 13.1. The second kappa shape index (κ2) is 6.80. The predicted molar refractivity (Wildman–Crippen MR) is 97.3 cm³/mol. The van der Waals surface area contributed by atoms with E-state index in [0.717, 1.165) is 11.1 Å². The molecule has 26 heavy (non-hydrogen) atoms. The molecule has 3 aromatic carbocycles. The molecule has 1 heterocycles. The fourth-order valence-corrected chi connectivity index (χ4v) is 2.99. The molecule has 0 aliphatic rings. The van der Waals surface area contributed by atoms with E-state index in [-0.39, 0.29) is 17.3 Å². The number of amides is 1. The molecule has 4 nitrogen and oxygen atoms in total. The van der Waals surface area contributed by atoms with Gasteiger partial charge in [-0.1, -0.05) is 71.9 Å². The summed E-state index contributed by atoms with van der Waals surface area (Å²) in [5.74, 6) is -1.08. The van der Waals surface area contributed by atoms with E-state index >= 15 is 0 Å². The SMILES string of the molecule is O=C(Nc1noc2c(F)cccc12)C(c1ccccc1)c1ccccc1. The Morgan fingerprint density at radius 2 is 1.50 bits per heavy atom. The number of hydrogen-bond acceptors (Lipinski definition) is 3. The van der Waals surface area contributed by atoms with Gasteiger partial charge >= 0.3 is 0 Å². The van der Waals surface area contributed by atoms with Crippen LogP contribution >= 0.6 is 0 Å². The van der Waals surface area contributed by atoms with Crippen molar-refractivity contribution in [2.75, 3.05) is 5.32 Å². The number of fused-ring (bicyclic) bond motifs is 1. The first-order valence-corrected chi connectivity index (χ1v) is 8.18. The monoisotopic (exact) mass is 346 g/mol.